The van der Waals surface area contributed by atoms with E-state index in [1.165, 1.54) is 12.1 Å². The number of anilines is 1. The number of aliphatic hydroxyl groups is 1. The van der Waals surface area contributed by atoms with E-state index in [1.807, 2.05) is 30.3 Å². The summed E-state index contributed by atoms with van der Waals surface area (Å²) in [5.74, 6) is -0.440. The van der Waals surface area contributed by atoms with Crippen molar-refractivity contribution >= 4 is 33.4 Å². The van der Waals surface area contributed by atoms with Crippen molar-refractivity contribution in [1.29, 1.82) is 0 Å². The van der Waals surface area contributed by atoms with E-state index in [0.29, 0.717) is 17.0 Å². The van der Waals surface area contributed by atoms with Crippen molar-refractivity contribution in [3.05, 3.63) is 125 Å². The minimum atomic E-state index is -3.78. The number of sulfonamides is 1. The van der Waals surface area contributed by atoms with Crippen LogP contribution in [0, 0.1) is 5.92 Å². The molecule has 4 atom stereocenters. The minimum absolute atomic E-state index is 0.0493. The number of carboxylic acids is 1. The lowest BCUT2D eigenvalue weighted by Gasteiger charge is -2.41. The van der Waals surface area contributed by atoms with Gasteiger partial charge in [0.25, 0.3) is 10.0 Å². The molecule has 218 valence electrons. The van der Waals surface area contributed by atoms with Crippen LogP contribution in [0.3, 0.4) is 0 Å². The fourth-order valence-corrected chi connectivity index (χ4v) is 6.88. The third kappa shape index (κ3) is 7.03. The van der Waals surface area contributed by atoms with E-state index in [1.54, 1.807) is 72.4 Å². The number of rotatable bonds is 10. The van der Waals surface area contributed by atoms with Crippen molar-refractivity contribution in [2.45, 2.75) is 41.8 Å². The Labute approximate surface area is 249 Å². The molecule has 0 saturated carbocycles. The van der Waals surface area contributed by atoms with Gasteiger partial charge in [0.2, 0.25) is 0 Å². The van der Waals surface area contributed by atoms with Gasteiger partial charge in [-0.1, -0.05) is 61.5 Å². The van der Waals surface area contributed by atoms with Crippen molar-refractivity contribution in [2.24, 2.45) is 5.92 Å². The summed E-state index contributed by atoms with van der Waals surface area (Å²) in [6.45, 7) is 2.00. The molecule has 8 nitrogen and oxygen atoms in total. The number of benzene rings is 4. The molecule has 1 heterocycles. The highest BCUT2D eigenvalue weighted by molar-refractivity contribution is 7.99. The summed E-state index contributed by atoms with van der Waals surface area (Å²) in [5, 5.41) is 18.7. The molecular weight excluding hydrogens is 574 g/mol. The monoisotopic (exact) mass is 605 g/mol. The summed E-state index contributed by atoms with van der Waals surface area (Å²) in [6.07, 6.45) is -1.36. The summed E-state index contributed by atoms with van der Waals surface area (Å²) in [6, 6.07) is 29.5. The van der Waals surface area contributed by atoms with Crippen LogP contribution in [0.25, 0.3) is 0 Å². The fraction of sp³-hybridized carbons (Fsp3) is 0.219. The number of carboxylic acid groups (broad SMARTS) is 1. The van der Waals surface area contributed by atoms with Crippen LogP contribution in [0.1, 0.15) is 46.4 Å². The Morgan fingerprint density at radius 1 is 0.881 bits per heavy atom. The smallest absolute Gasteiger partial charge is 0.335 e. The lowest BCUT2D eigenvalue weighted by molar-refractivity contribution is -0.268. The Morgan fingerprint density at radius 3 is 2.26 bits per heavy atom. The van der Waals surface area contributed by atoms with E-state index in [0.717, 1.165) is 16.0 Å². The fourth-order valence-electron chi connectivity index (χ4n) is 4.74. The van der Waals surface area contributed by atoms with E-state index >= 15 is 0 Å². The van der Waals surface area contributed by atoms with Crippen LogP contribution in [0.5, 0.6) is 0 Å². The van der Waals surface area contributed by atoms with Gasteiger partial charge in [-0.15, -0.1) is 11.8 Å². The third-order valence-corrected chi connectivity index (χ3v) is 9.60. The summed E-state index contributed by atoms with van der Waals surface area (Å²) in [7, 11) is -3.78. The Balaban J connectivity index is 1.39. The van der Waals surface area contributed by atoms with E-state index in [2.05, 4.69) is 11.6 Å². The molecule has 1 fully saturated rings. The average Bonchev–Trinajstić information content (AvgIpc) is 3.01. The summed E-state index contributed by atoms with van der Waals surface area (Å²) in [4.78, 5) is 12.3. The van der Waals surface area contributed by atoms with Crippen LogP contribution < -0.4 is 4.72 Å². The number of thioether (sulfide) groups is 1. The van der Waals surface area contributed by atoms with Gasteiger partial charge in [-0.3, -0.25) is 4.72 Å². The molecule has 42 heavy (non-hydrogen) atoms. The maximum atomic E-state index is 12.9. The van der Waals surface area contributed by atoms with Crippen molar-refractivity contribution in [3.8, 4) is 0 Å². The van der Waals surface area contributed by atoms with Crippen LogP contribution >= 0.6 is 11.8 Å². The van der Waals surface area contributed by atoms with E-state index in [-0.39, 0.29) is 35.2 Å². The van der Waals surface area contributed by atoms with E-state index in [9.17, 15) is 23.4 Å². The van der Waals surface area contributed by atoms with Crippen LogP contribution in [0.4, 0.5) is 5.69 Å². The molecule has 5 rings (SSSR count). The first-order valence-electron chi connectivity index (χ1n) is 13.4. The zero-order chi connectivity index (χ0) is 29.7. The predicted molar refractivity (Wildman–Crippen MR) is 161 cm³/mol. The van der Waals surface area contributed by atoms with Gasteiger partial charge in [0.15, 0.2) is 6.29 Å². The number of nitrogens with one attached hydrogen (secondary N) is 1. The third-order valence-electron chi connectivity index (χ3n) is 7.10. The maximum Gasteiger partial charge on any atom is 0.335 e. The molecule has 4 unspecified atom stereocenters. The normalized spacial score (nSPS) is 20.6. The molecule has 3 N–H and O–H groups in total. The van der Waals surface area contributed by atoms with Gasteiger partial charge in [-0.05, 0) is 59.7 Å². The molecule has 0 aromatic heterocycles. The van der Waals surface area contributed by atoms with Crippen LogP contribution in [0.2, 0.25) is 0 Å². The number of ether oxygens (including phenoxy) is 2. The van der Waals surface area contributed by atoms with Crippen LogP contribution in [-0.2, 0) is 26.1 Å². The maximum absolute atomic E-state index is 12.9. The molecule has 0 aliphatic carbocycles. The molecule has 10 heteroatoms. The Morgan fingerprint density at radius 2 is 1.60 bits per heavy atom. The minimum Gasteiger partial charge on any atom is -0.478 e. The van der Waals surface area contributed by atoms with Crippen molar-refractivity contribution in [3.63, 3.8) is 0 Å². The molecule has 0 bridgehead atoms. The Bertz CT molecular complexity index is 1610. The molecule has 0 amide bonds. The zero-order valence-corrected chi connectivity index (χ0v) is 24.4. The zero-order valence-electron chi connectivity index (χ0n) is 22.8. The number of hydrogen-bond acceptors (Lipinski definition) is 7. The van der Waals surface area contributed by atoms with Gasteiger partial charge >= 0.3 is 5.97 Å². The van der Waals surface area contributed by atoms with Crippen molar-refractivity contribution in [2.75, 3.05) is 10.5 Å². The molecule has 1 aliphatic heterocycles. The standard InChI is InChI=1S/C32H31NO7S2/c1-21-29(20-41-27-16-14-24(15-17-27)31(35)36)39-32(40-30(21)23-12-10-22(19-34)11-13-23)25-6-5-7-26(18-25)33-42(37,38)28-8-3-2-4-9-28/h2-18,21,29-30,32-34H,19-20H2,1H3,(H,35,36). The van der Waals surface area contributed by atoms with Gasteiger partial charge < -0.3 is 19.7 Å². The average molecular weight is 606 g/mol. The number of carbonyl (C=O) groups is 1. The molecular formula is C32H31NO7S2. The number of aliphatic hydroxyl groups excluding tert-OH is 1. The molecule has 0 radical (unpaired) electrons. The van der Waals surface area contributed by atoms with Gasteiger partial charge in [0.05, 0.1) is 29.3 Å². The largest absolute Gasteiger partial charge is 0.478 e. The summed E-state index contributed by atoms with van der Waals surface area (Å²) < 4.78 is 41.5. The Hall–Kier alpha value is -3.67. The first-order chi connectivity index (χ1) is 20.2. The molecule has 4 aromatic carbocycles. The second kappa shape index (κ2) is 13.1. The number of hydrogen-bond donors (Lipinski definition) is 3. The summed E-state index contributed by atoms with van der Waals surface area (Å²) in [5.41, 5.74) is 3.01. The molecule has 1 saturated heterocycles. The lowest BCUT2D eigenvalue weighted by Crippen LogP contribution is -2.38. The van der Waals surface area contributed by atoms with E-state index in [4.69, 9.17) is 9.47 Å². The highest BCUT2D eigenvalue weighted by atomic mass is 32.2. The quantitative estimate of drug-likeness (QED) is 0.181. The molecule has 0 spiro atoms. The highest BCUT2D eigenvalue weighted by Gasteiger charge is 2.38. The van der Waals surface area contributed by atoms with Gasteiger partial charge in [-0.25, -0.2) is 13.2 Å². The second-order valence-electron chi connectivity index (χ2n) is 10.0. The topological polar surface area (TPSA) is 122 Å². The van der Waals surface area contributed by atoms with Gasteiger partial charge in [-0.2, -0.15) is 0 Å². The van der Waals surface area contributed by atoms with E-state index < -0.39 is 22.3 Å². The van der Waals surface area contributed by atoms with Crippen LogP contribution in [0.15, 0.2) is 113 Å². The van der Waals surface area contributed by atoms with Crippen molar-refractivity contribution in [1.82, 2.24) is 0 Å². The predicted octanol–water partition coefficient (Wildman–Crippen LogP) is 6.26. The first kappa shape index (κ1) is 29.8. The highest BCUT2D eigenvalue weighted by Crippen LogP contribution is 2.43. The van der Waals surface area contributed by atoms with Crippen molar-refractivity contribution < 1.29 is 32.9 Å². The van der Waals surface area contributed by atoms with Crippen LogP contribution in [-0.4, -0.2) is 36.5 Å². The lowest BCUT2D eigenvalue weighted by atomic mass is 9.91. The molecule has 4 aromatic rings. The Kier molecular flexibility index (Phi) is 9.30. The van der Waals surface area contributed by atoms with Gasteiger partial charge in [0, 0.05) is 27.8 Å². The number of aromatic carboxylic acids is 1. The first-order valence-corrected chi connectivity index (χ1v) is 15.8. The SMILES string of the molecule is CC1C(CSc2ccc(C(=O)O)cc2)OC(c2cccc(NS(=O)(=O)c3ccccc3)c2)OC1c1ccc(CO)cc1. The van der Waals surface area contributed by atoms with Gasteiger partial charge in [0.1, 0.15) is 0 Å². The summed E-state index contributed by atoms with van der Waals surface area (Å²) >= 11 is 1.56. The second-order valence-corrected chi connectivity index (χ2v) is 12.8. The molecule has 1 aliphatic rings.